The van der Waals surface area contributed by atoms with Crippen LogP contribution in [0, 0.1) is 0 Å². The molecule has 3 heteroatoms. The molecule has 0 unspecified atom stereocenters. The fourth-order valence-corrected chi connectivity index (χ4v) is 1.94. The van der Waals surface area contributed by atoms with E-state index in [0.717, 1.165) is 5.56 Å². The molecule has 15 heavy (non-hydrogen) atoms. The Labute approximate surface area is 96.3 Å². The first-order valence-corrected chi connectivity index (χ1v) is 5.62. The highest BCUT2D eigenvalue weighted by Gasteiger charge is 2.29. The minimum absolute atomic E-state index is 0.200. The van der Waals surface area contributed by atoms with Crippen LogP contribution in [0.25, 0.3) is 0 Å². The number of hydrogen-bond acceptors (Lipinski definition) is 2. The van der Waals surface area contributed by atoms with E-state index < -0.39 is 5.72 Å². The topological polar surface area (TPSA) is 32.3 Å². The van der Waals surface area contributed by atoms with Gasteiger partial charge in [-0.2, -0.15) is 0 Å². The highest BCUT2D eigenvalue weighted by atomic mass is 35.5. The lowest BCUT2D eigenvalue weighted by atomic mass is 9.99. The minimum Gasteiger partial charge on any atom is -0.372 e. The zero-order valence-corrected chi connectivity index (χ0v) is 10.2. The molecule has 0 amide bonds. The minimum atomic E-state index is -1.04. The Kier molecular flexibility index (Phi) is 4.14. The van der Waals surface area contributed by atoms with Gasteiger partial charge in [0.15, 0.2) is 0 Å². The SMILES string of the molecule is CC[C@](O)(NC(C)C)c1ccccc1Cl. The molecule has 1 atom stereocenters. The molecular weight excluding hydrogens is 210 g/mol. The van der Waals surface area contributed by atoms with Crippen LogP contribution < -0.4 is 5.32 Å². The largest absolute Gasteiger partial charge is 0.372 e. The molecule has 0 heterocycles. The molecule has 1 rings (SSSR count). The number of aliphatic hydroxyl groups is 1. The molecular formula is C12H18ClNO. The smallest absolute Gasteiger partial charge is 0.143 e. The number of nitrogens with one attached hydrogen (secondary N) is 1. The first-order valence-electron chi connectivity index (χ1n) is 5.24. The van der Waals surface area contributed by atoms with E-state index in [4.69, 9.17) is 11.6 Å². The van der Waals surface area contributed by atoms with Gasteiger partial charge < -0.3 is 5.11 Å². The summed E-state index contributed by atoms with van der Waals surface area (Å²) in [6, 6.07) is 7.58. The van der Waals surface area contributed by atoms with Gasteiger partial charge in [0.25, 0.3) is 0 Å². The predicted molar refractivity (Wildman–Crippen MR) is 63.9 cm³/mol. The molecule has 0 saturated carbocycles. The summed E-state index contributed by atoms with van der Waals surface area (Å²) in [6.07, 6.45) is 0.578. The van der Waals surface area contributed by atoms with Crippen molar-refractivity contribution in [2.75, 3.05) is 0 Å². The van der Waals surface area contributed by atoms with E-state index in [1.807, 2.05) is 39.0 Å². The summed E-state index contributed by atoms with van der Waals surface area (Å²) >= 11 is 6.07. The summed E-state index contributed by atoms with van der Waals surface area (Å²) in [5.41, 5.74) is -0.296. The highest BCUT2D eigenvalue weighted by Crippen LogP contribution is 2.28. The molecule has 0 aliphatic rings. The van der Waals surface area contributed by atoms with Crippen molar-refractivity contribution < 1.29 is 5.11 Å². The van der Waals surface area contributed by atoms with Crippen LogP contribution in [0.2, 0.25) is 5.02 Å². The molecule has 0 aromatic heterocycles. The Hall–Kier alpha value is -0.570. The fraction of sp³-hybridized carbons (Fsp3) is 0.500. The van der Waals surface area contributed by atoms with Gasteiger partial charge in [-0.05, 0) is 26.3 Å². The van der Waals surface area contributed by atoms with Crippen molar-refractivity contribution in [1.82, 2.24) is 5.32 Å². The highest BCUT2D eigenvalue weighted by molar-refractivity contribution is 6.31. The molecule has 1 aromatic rings. The summed E-state index contributed by atoms with van der Waals surface area (Å²) in [4.78, 5) is 0. The van der Waals surface area contributed by atoms with Crippen LogP contribution in [0.4, 0.5) is 0 Å². The van der Waals surface area contributed by atoms with Crippen LogP contribution in [0.15, 0.2) is 24.3 Å². The van der Waals surface area contributed by atoms with Crippen LogP contribution in [-0.4, -0.2) is 11.1 Å². The van der Waals surface area contributed by atoms with Gasteiger partial charge in [0, 0.05) is 16.6 Å². The van der Waals surface area contributed by atoms with E-state index in [-0.39, 0.29) is 6.04 Å². The monoisotopic (exact) mass is 227 g/mol. The average Bonchev–Trinajstić information content (AvgIpc) is 2.17. The van der Waals surface area contributed by atoms with Gasteiger partial charge in [0.1, 0.15) is 5.72 Å². The molecule has 0 spiro atoms. The molecule has 0 bridgehead atoms. The normalized spacial score (nSPS) is 15.3. The first kappa shape index (κ1) is 12.5. The van der Waals surface area contributed by atoms with Gasteiger partial charge in [-0.3, -0.25) is 5.32 Å². The summed E-state index contributed by atoms with van der Waals surface area (Å²) in [5, 5.41) is 14.2. The maximum Gasteiger partial charge on any atom is 0.143 e. The first-order chi connectivity index (χ1) is 6.99. The van der Waals surface area contributed by atoms with E-state index in [1.54, 1.807) is 6.07 Å². The summed E-state index contributed by atoms with van der Waals surface area (Å²) in [7, 11) is 0. The zero-order valence-electron chi connectivity index (χ0n) is 9.42. The van der Waals surface area contributed by atoms with Crippen molar-refractivity contribution in [3.05, 3.63) is 34.9 Å². The van der Waals surface area contributed by atoms with E-state index >= 15 is 0 Å². The van der Waals surface area contributed by atoms with Crippen molar-refractivity contribution in [1.29, 1.82) is 0 Å². The maximum absolute atomic E-state index is 10.4. The van der Waals surface area contributed by atoms with Gasteiger partial charge in [-0.15, -0.1) is 0 Å². The molecule has 0 saturated heterocycles. The van der Waals surface area contributed by atoms with Gasteiger partial charge in [-0.1, -0.05) is 36.7 Å². The van der Waals surface area contributed by atoms with Crippen molar-refractivity contribution in [3.8, 4) is 0 Å². The second-order valence-corrected chi connectivity index (χ2v) is 4.40. The predicted octanol–water partition coefficient (Wildman–Crippen LogP) is 2.89. The summed E-state index contributed by atoms with van der Waals surface area (Å²) in [6.45, 7) is 5.92. The van der Waals surface area contributed by atoms with Gasteiger partial charge in [0.05, 0.1) is 0 Å². The van der Waals surface area contributed by atoms with E-state index in [2.05, 4.69) is 5.32 Å². The third-order valence-corrected chi connectivity index (χ3v) is 2.69. The van der Waals surface area contributed by atoms with Gasteiger partial charge in [0.2, 0.25) is 0 Å². The van der Waals surface area contributed by atoms with Gasteiger partial charge in [-0.25, -0.2) is 0 Å². The van der Waals surface area contributed by atoms with E-state index in [9.17, 15) is 5.11 Å². The van der Waals surface area contributed by atoms with E-state index in [1.165, 1.54) is 0 Å². The molecule has 1 aromatic carbocycles. The van der Waals surface area contributed by atoms with Gasteiger partial charge >= 0.3 is 0 Å². The molecule has 2 nitrogen and oxygen atoms in total. The number of hydrogen-bond donors (Lipinski definition) is 2. The Bertz CT molecular complexity index is 327. The second kappa shape index (κ2) is 4.97. The Morgan fingerprint density at radius 2 is 2.00 bits per heavy atom. The summed E-state index contributed by atoms with van der Waals surface area (Å²) < 4.78 is 0. The van der Waals surface area contributed by atoms with Crippen molar-refractivity contribution in [2.24, 2.45) is 0 Å². The third kappa shape index (κ3) is 2.94. The lowest BCUT2D eigenvalue weighted by Crippen LogP contribution is -2.45. The number of benzene rings is 1. The standard InChI is InChI=1S/C12H18ClNO/c1-4-12(15,14-9(2)3)10-7-5-6-8-11(10)13/h5-9,14-15H,4H2,1-3H3/t12-/m1/s1. The quantitative estimate of drug-likeness (QED) is 0.776. The molecule has 2 N–H and O–H groups in total. The van der Waals surface area contributed by atoms with Crippen LogP contribution in [-0.2, 0) is 5.72 Å². The Morgan fingerprint density at radius 3 is 2.47 bits per heavy atom. The van der Waals surface area contributed by atoms with Crippen molar-refractivity contribution >= 4 is 11.6 Å². The number of halogens is 1. The second-order valence-electron chi connectivity index (χ2n) is 3.99. The maximum atomic E-state index is 10.4. The zero-order chi connectivity index (χ0) is 11.5. The fourth-order valence-electron chi connectivity index (χ4n) is 1.64. The Balaban J connectivity index is 3.05. The number of rotatable bonds is 4. The van der Waals surface area contributed by atoms with Crippen molar-refractivity contribution in [2.45, 2.75) is 39.0 Å². The molecule has 0 fully saturated rings. The van der Waals surface area contributed by atoms with Crippen molar-refractivity contribution in [3.63, 3.8) is 0 Å². The molecule has 0 radical (unpaired) electrons. The Morgan fingerprint density at radius 1 is 1.40 bits per heavy atom. The lowest BCUT2D eigenvalue weighted by molar-refractivity contribution is -0.0112. The lowest BCUT2D eigenvalue weighted by Gasteiger charge is -2.31. The van der Waals surface area contributed by atoms with Crippen LogP contribution in [0.5, 0.6) is 0 Å². The van der Waals surface area contributed by atoms with E-state index in [0.29, 0.717) is 11.4 Å². The summed E-state index contributed by atoms with van der Waals surface area (Å²) in [5.74, 6) is 0. The average molecular weight is 228 g/mol. The molecule has 84 valence electrons. The molecule has 0 aliphatic carbocycles. The van der Waals surface area contributed by atoms with Crippen LogP contribution in [0.3, 0.4) is 0 Å². The van der Waals surface area contributed by atoms with Crippen LogP contribution >= 0.6 is 11.6 Å². The third-order valence-electron chi connectivity index (χ3n) is 2.36. The van der Waals surface area contributed by atoms with Crippen LogP contribution in [0.1, 0.15) is 32.8 Å². The molecule has 0 aliphatic heterocycles.